The minimum atomic E-state index is -0.506. The highest BCUT2D eigenvalue weighted by atomic mass is 79.9. The van der Waals surface area contributed by atoms with Gasteiger partial charge >= 0.3 is 5.69 Å². The number of aliphatic hydroxyl groups is 1. The molecule has 0 fully saturated rings. The Labute approximate surface area is 169 Å². The largest absolute Gasteiger partial charge is 0.395 e. The topological polar surface area (TPSA) is 109 Å². The molecule has 2 heterocycles. The first-order chi connectivity index (χ1) is 13.3. The van der Waals surface area contributed by atoms with Crippen LogP contribution in [0.2, 0.25) is 0 Å². The summed E-state index contributed by atoms with van der Waals surface area (Å²) in [5, 5.41) is 14.7. The van der Waals surface area contributed by atoms with Gasteiger partial charge in [0.2, 0.25) is 5.91 Å². The molecule has 150 valence electrons. The van der Waals surface area contributed by atoms with E-state index in [9.17, 15) is 14.4 Å². The van der Waals surface area contributed by atoms with Crippen molar-refractivity contribution in [2.45, 2.75) is 19.1 Å². The minimum absolute atomic E-state index is 0.0556. The highest BCUT2D eigenvalue weighted by Gasteiger charge is 2.35. The minimum Gasteiger partial charge on any atom is -0.395 e. The van der Waals surface area contributed by atoms with E-state index in [4.69, 9.17) is 5.11 Å². The van der Waals surface area contributed by atoms with E-state index in [-0.39, 0.29) is 25.5 Å². The van der Waals surface area contributed by atoms with E-state index in [0.717, 1.165) is 14.6 Å². The Balaban J connectivity index is 2.01. The third-order valence-corrected chi connectivity index (χ3v) is 5.16. The first kappa shape index (κ1) is 20.2. The van der Waals surface area contributed by atoms with Crippen molar-refractivity contribution in [1.29, 1.82) is 0 Å². The van der Waals surface area contributed by atoms with Crippen molar-refractivity contribution in [2.24, 2.45) is 14.1 Å². The normalized spacial score (nSPS) is 15.3. The van der Waals surface area contributed by atoms with Crippen LogP contribution in [0.15, 0.2) is 38.3 Å². The fourth-order valence-corrected chi connectivity index (χ4v) is 3.71. The van der Waals surface area contributed by atoms with Crippen LogP contribution in [-0.4, -0.2) is 39.5 Å². The molecule has 0 radical (unpaired) electrons. The van der Waals surface area contributed by atoms with Gasteiger partial charge in [-0.25, -0.2) is 4.79 Å². The van der Waals surface area contributed by atoms with E-state index in [1.54, 1.807) is 11.9 Å². The maximum atomic E-state index is 12.8. The molecule has 1 aliphatic rings. The second kappa shape index (κ2) is 8.19. The molecular formula is C18H22BrN5O4. The van der Waals surface area contributed by atoms with Crippen molar-refractivity contribution in [3.63, 3.8) is 0 Å². The lowest BCUT2D eigenvalue weighted by atomic mass is 10.2. The monoisotopic (exact) mass is 451 g/mol. The van der Waals surface area contributed by atoms with Gasteiger partial charge in [0.1, 0.15) is 17.7 Å². The number of hydrogen-bond acceptors (Lipinski definition) is 6. The van der Waals surface area contributed by atoms with Gasteiger partial charge < -0.3 is 20.6 Å². The number of aromatic nitrogens is 2. The number of halogens is 1. The third-order valence-electron chi connectivity index (χ3n) is 4.66. The van der Waals surface area contributed by atoms with Gasteiger partial charge in [0.15, 0.2) is 0 Å². The van der Waals surface area contributed by atoms with Crippen molar-refractivity contribution in [2.75, 3.05) is 23.4 Å². The van der Waals surface area contributed by atoms with Crippen LogP contribution in [0.1, 0.15) is 12.0 Å². The van der Waals surface area contributed by atoms with Gasteiger partial charge in [-0.2, -0.15) is 0 Å². The van der Waals surface area contributed by atoms with Gasteiger partial charge in [-0.15, -0.1) is 0 Å². The highest BCUT2D eigenvalue weighted by molar-refractivity contribution is 9.10. The quantitative estimate of drug-likeness (QED) is 0.574. The Kier molecular flexibility index (Phi) is 5.90. The number of rotatable bonds is 6. The summed E-state index contributed by atoms with van der Waals surface area (Å²) >= 11 is 3.44. The molecule has 10 heteroatoms. The van der Waals surface area contributed by atoms with E-state index in [1.807, 2.05) is 24.3 Å². The summed E-state index contributed by atoms with van der Waals surface area (Å²) in [4.78, 5) is 39.1. The number of carbonyl (C=O) groups excluding carboxylic acids is 1. The maximum absolute atomic E-state index is 12.8. The summed E-state index contributed by atoms with van der Waals surface area (Å²) in [6.07, 6.45) is -0.451. The molecule has 0 saturated heterocycles. The molecule has 1 aliphatic heterocycles. The van der Waals surface area contributed by atoms with Gasteiger partial charge in [-0.3, -0.25) is 18.7 Å². The molecule has 0 spiro atoms. The standard InChI is InChI=1S/C18H22BrN5O4/c1-22-16-15(17(27)23(2)18(22)28)24(10-11-4-3-5-12(19)8-11)13(21-16)9-14(26)20-6-7-25/h3-5,8,13,21,25H,6-7,9-10H2,1-2H3,(H,20,26). The second-order valence-electron chi connectivity index (χ2n) is 6.60. The van der Waals surface area contributed by atoms with Crippen molar-refractivity contribution < 1.29 is 9.90 Å². The molecule has 1 unspecified atom stereocenters. The Morgan fingerprint density at radius 3 is 2.71 bits per heavy atom. The van der Waals surface area contributed by atoms with E-state index in [2.05, 4.69) is 26.6 Å². The smallest absolute Gasteiger partial charge is 0.332 e. The Morgan fingerprint density at radius 1 is 1.29 bits per heavy atom. The van der Waals surface area contributed by atoms with Crippen molar-refractivity contribution in [1.82, 2.24) is 14.5 Å². The van der Waals surface area contributed by atoms with Crippen LogP contribution in [-0.2, 0) is 25.4 Å². The van der Waals surface area contributed by atoms with Crippen LogP contribution in [0.5, 0.6) is 0 Å². The average Bonchev–Trinajstić information content (AvgIpc) is 3.01. The lowest BCUT2D eigenvalue weighted by Crippen LogP contribution is -2.42. The predicted molar refractivity (Wildman–Crippen MR) is 109 cm³/mol. The molecule has 2 aromatic rings. The van der Waals surface area contributed by atoms with Crippen molar-refractivity contribution >= 4 is 33.3 Å². The van der Waals surface area contributed by atoms with E-state index >= 15 is 0 Å². The summed E-state index contributed by atoms with van der Waals surface area (Å²) in [7, 11) is 3.02. The third kappa shape index (κ3) is 3.83. The molecule has 1 aromatic heterocycles. The summed E-state index contributed by atoms with van der Waals surface area (Å²) in [5.41, 5.74) is 0.438. The average molecular weight is 452 g/mol. The Morgan fingerprint density at radius 2 is 2.04 bits per heavy atom. The predicted octanol–water partition coefficient (Wildman–Crippen LogP) is 0.103. The summed E-state index contributed by atoms with van der Waals surface area (Å²) in [5.74, 6) is 0.128. The fourth-order valence-electron chi connectivity index (χ4n) is 3.27. The first-order valence-corrected chi connectivity index (χ1v) is 9.58. The zero-order chi connectivity index (χ0) is 20.4. The van der Waals surface area contributed by atoms with Crippen molar-refractivity contribution in [3.05, 3.63) is 55.1 Å². The molecule has 28 heavy (non-hydrogen) atoms. The zero-order valence-corrected chi connectivity index (χ0v) is 17.2. The molecule has 0 saturated carbocycles. The number of nitrogens with one attached hydrogen (secondary N) is 2. The highest BCUT2D eigenvalue weighted by Crippen LogP contribution is 2.32. The van der Waals surface area contributed by atoms with Gasteiger partial charge in [0, 0.05) is 31.7 Å². The second-order valence-corrected chi connectivity index (χ2v) is 7.51. The van der Waals surface area contributed by atoms with Gasteiger partial charge in [-0.05, 0) is 17.7 Å². The molecule has 0 bridgehead atoms. The number of anilines is 2. The van der Waals surface area contributed by atoms with Crippen LogP contribution in [0.4, 0.5) is 11.5 Å². The van der Waals surface area contributed by atoms with Gasteiger partial charge in [0.25, 0.3) is 5.56 Å². The van der Waals surface area contributed by atoms with Gasteiger partial charge in [-0.1, -0.05) is 28.1 Å². The number of carbonyl (C=O) groups is 1. The molecule has 1 amide bonds. The van der Waals surface area contributed by atoms with Crippen LogP contribution >= 0.6 is 15.9 Å². The number of fused-ring (bicyclic) bond motifs is 1. The van der Waals surface area contributed by atoms with Crippen LogP contribution in [0.3, 0.4) is 0 Å². The molecule has 0 aliphatic carbocycles. The van der Waals surface area contributed by atoms with Crippen LogP contribution < -0.4 is 26.8 Å². The number of hydrogen-bond donors (Lipinski definition) is 3. The number of nitrogens with zero attached hydrogens (tertiary/aromatic N) is 3. The molecule has 1 atom stereocenters. The number of amides is 1. The first-order valence-electron chi connectivity index (χ1n) is 8.78. The molecule has 3 rings (SSSR count). The SMILES string of the molecule is Cn1c2c(c(=O)n(C)c1=O)N(Cc1cccc(Br)c1)C(CC(=O)NCCO)N2. The summed E-state index contributed by atoms with van der Waals surface area (Å²) in [6.45, 7) is 0.385. The Bertz CT molecular complexity index is 1020. The van der Waals surface area contributed by atoms with Crippen LogP contribution in [0, 0.1) is 0 Å². The maximum Gasteiger partial charge on any atom is 0.332 e. The lowest BCUT2D eigenvalue weighted by molar-refractivity contribution is -0.121. The lowest BCUT2D eigenvalue weighted by Gasteiger charge is -2.26. The summed E-state index contributed by atoms with van der Waals surface area (Å²) in [6, 6.07) is 7.67. The molecule has 1 aromatic carbocycles. The summed E-state index contributed by atoms with van der Waals surface area (Å²) < 4.78 is 3.34. The van der Waals surface area contributed by atoms with Crippen molar-refractivity contribution in [3.8, 4) is 0 Å². The molecule has 9 nitrogen and oxygen atoms in total. The number of aliphatic hydroxyl groups excluding tert-OH is 1. The van der Waals surface area contributed by atoms with Crippen LogP contribution in [0.25, 0.3) is 0 Å². The van der Waals surface area contributed by atoms with E-state index < -0.39 is 17.4 Å². The number of benzene rings is 1. The van der Waals surface area contributed by atoms with E-state index in [1.165, 1.54) is 11.6 Å². The molecule has 3 N–H and O–H groups in total. The fraction of sp³-hybridized carbons (Fsp3) is 0.389. The van der Waals surface area contributed by atoms with E-state index in [0.29, 0.717) is 18.1 Å². The van der Waals surface area contributed by atoms with Gasteiger partial charge in [0.05, 0.1) is 13.0 Å². The molecular weight excluding hydrogens is 430 g/mol. The zero-order valence-electron chi connectivity index (χ0n) is 15.6. The Hall–Kier alpha value is -2.59.